The fourth-order valence-electron chi connectivity index (χ4n) is 3.81. The summed E-state index contributed by atoms with van der Waals surface area (Å²) in [5.74, 6) is 1.20. The second-order valence-electron chi connectivity index (χ2n) is 6.62. The summed E-state index contributed by atoms with van der Waals surface area (Å²) in [5.41, 5.74) is 0.227. The highest BCUT2D eigenvalue weighted by atomic mass is 16.7. The Morgan fingerprint density at radius 3 is 2.38 bits per heavy atom. The maximum absolute atomic E-state index is 10.8. The third-order valence-electron chi connectivity index (χ3n) is 5.12. The number of piperidine rings is 1. The van der Waals surface area contributed by atoms with Crippen LogP contribution in [0.15, 0.2) is 18.2 Å². The second-order valence-corrected chi connectivity index (χ2v) is 6.62. The van der Waals surface area contributed by atoms with Crippen molar-refractivity contribution in [2.24, 2.45) is 0 Å². The molecular weight excluding hydrogens is 266 g/mol. The number of nitrogens with one attached hydrogen (secondary N) is 1. The van der Waals surface area contributed by atoms with E-state index in [0.717, 1.165) is 68.7 Å². The average molecular weight is 289 g/mol. The highest BCUT2D eigenvalue weighted by molar-refractivity contribution is 5.47. The van der Waals surface area contributed by atoms with Gasteiger partial charge in [-0.3, -0.25) is 0 Å². The van der Waals surface area contributed by atoms with Crippen molar-refractivity contribution in [3.8, 4) is 11.5 Å². The van der Waals surface area contributed by atoms with Crippen LogP contribution in [-0.4, -0.2) is 24.0 Å². The first kappa shape index (κ1) is 13.4. The molecule has 1 aromatic carbocycles. The minimum atomic E-state index is -0.730. The molecular formula is C17H23NO3. The molecule has 2 aliphatic heterocycles. The van der Waals surface area contributed by atoms with Gasteiger partial charge in [-0.1, -0.05) is 12.5 Å². The van der Waals surface area contributed by atoms with E-state index in [9.17, 15) is 5.11 Å². The summed E-state index contributed by atoms with van der Waals surface area (Å²) in [6.07, 6.45) is 7.02. The molecule has 0 atom stereocenters. The lowest BCUT2D eigenvalue weighted by atomic mass is 9.85. The van der Waals surface area contributed by atoms with Gasteiger partial charge in [0.2, 0.25) is 0 Å². The van der Waals surface area contributed by atoms with E-state index in [-0.39, 0.29) is 0 Å². The van der Waals surface area contributed by atoms with E-state index in [1.54, 1.807) is 0 Å². The lowest BCUT2D eigenvalue weighted by Crippen LogP contribution is -2.40. The van der Waals surface area contributed by atoms with Gasteiger partial charge in [0.15, 0.2) is 11.5 Å². The summed E-state index contributed by atoms with van der Waals surface area (Å²) >= 11 is 0. The van der Waals surface area contributed by atoms with E-state index in [2.05, 4.69) is 5.32 Å². The Morgan fingerprint density at radius 2 is 1.62 bits per heavy atom. The van der Waals surface area contributed by atoms with Crippen LogP contribution in [0, 0.1) is 0 Å². The first-order valence-electron chi connectivity index (χ1n) is 8.15. The molecule has 1 aromatic rings. The Hall–Kier alpha value is -1.26. The molecule has 0 bridgehead atoms. The molecule has 4 rings (SSSR count). The zero-order valence-corrected chi connectivity index (χ0v) is 12.4. The number of hydrogen-bond donors (Lipinski definition) is 2. The Kier molecular flexibility index (Phi) is 3.12. The topological polar surface area (TPSA) is 50.7 Å². The van der Waals surface area contributed by atoms with Gasteiger partial charge < -0.3 is 19.9 Å². The maximum atomic E-state index is 10.8. The Bertz CT molecular complexity index is 531. The molecule has 2 N–H and O–H groups in total. The van der Waals surface area contributed by atoms with Crippen molar-refractivity contribution in [2.75, 3.05) is 13.1 Å². The van der Waals surface area contributed by atoms with Crippen LogP contribution < -0.4 is 14.8 Å². The Balaban J connectivity index is 1.60. The molecule has 3 aliphatic rings. The Labute approximate surface area is 125 Å². The highest BCUT2D eigenvalue weighted by Gasteiger charge is 2.43. The predicted octanol–water partition coefficient (Wildman–Crippen LogP) is 2.69. The molecule has 114 valence electrons. The van der Waals surface area contributed by atoms with Crippen LogP contribution in [0.5, 0.6) is 11.5 Å². The van der Waals surface area contributed by atoms with Crippen molar-refractivity contribution in [1.29, 1.82) is 0 Å². The minimum Gasteiger partial charge on any atom is -0.448 e. The van der Waals surface area contributed by atoms with Gasteiger partial charge in [-0.05, 0) is 56.5 Å². The lowest BCUT2D eigenvalue weighted by molar-refractivity contribution is -0.105. The number of benzene rings is 1. The van der Waals surface area contributed by atoms with Crippen LogP contribution in [0.3, 0.4) is 0 Å². The molecule has 4 heteroatoms. The first-order chi connectivity index (χ1) is 10.2. The zero-order valence-electron chi connectivity index (χ0n) is 12.4. The molecule has 2 fully saturated rings. The highest BCUT2D eigenvalue weighted by Crippen LogP contribution is 2.47. The van der Waals surface area contributed by atoms with Crippen molar-refractivity contribution in [3.05, 3.63) is 23.8 Å². The standard InChI is InChI=1S/C17H23NO3/c19-16(8-10-18-11-9-16)13-4-5-14-15(12-13)21-17(20-14)6-2-1-3-7-17/h4-5,12,18-19H,1-3,6-11H2. The minimum absolute atomic E-state index is 0.435. The van der Waals surface area contributed by atoms with E-state index in [1.807, 2.05) is 18.2 Å². The third kappa shape index (κ3) is 2.30. The van der Waals surface area contributed by atoms with Crippen molar-refractivity contribution in [1.82, 2.24) is 5.32 Å². The van der Waals surface area contributed by atoms with E-state index in [4.69, 9.17) is 9.47 Å². The van der Waals surface area contributed by atoms with Gasteiger partial charge in [0.05, 0.1) is 5.60 Å². The van der Waals surface area contributed by atoms with Crippen LogP contribution in [0.1, 0.15) is 50.5 Å². The third-order valence-corrected chi connectivity index (χ3v) is 5.12. The molecule has 0 unspecified atom stereocenters. The molecule has 1 spiro atoms. The van der Waals surface area contributed by atoms with Gasteiger partial charge in [-0.25, -0.2) is 0 Å². The number of ether oxygens (including phenoxy) is 2. The molecule has 4 nitrogen and oxygen atoms in total. The zero-order chi connectivity index (χ0) is 14.3. The molecule has 0 aromatic heterocycles. The van der Waals surface area contributed by atoms with Crippen molar-refractivity contribution in [2.45, 2.75) is 56.3 Å². The van der Waals surface area contributed by atoms with E-state index < -0.39 is 11.4 Å². The van der Waals surface area contributed by atoms with Crippen LogP contribution in [-0.2, 0) is 5.60 Å². The molecule has 1 saturated heterocycles. The summed E-state index contributed by atoms with van der Waals surface area (Å²) in [4.78, 5) is 0. The first-order valence-corrected chi connectivity index (χ1v) is 8.15. The van der Waals surface area contributed by atoms with Gasteiger partial charge in [-0.2, -0.15) is 0 Å². The number of fused-ring (bicyclic) bond motifs is 1. The summed E-state index contributed by atoms with van der Waals surface area (Å²) in [6, 6.07) is 5.95. The molecule has 21 heavy (non-hydrogen) atoms. The van der Waals surface area contributed by atoms with Gasteiger partial charge >= 0.3 is 0 Å². The van der Waals surface area contributed by atoms with Gasteiger partial charge in [0, 0.05) is 12.8 Å². The van der Waals surface area contributed by atoms with E-state index in [1.165, 1.54) is 6.42 Å². The second kappa shape index (κ2) is 4.89. The SMILES string of the molecule is OC1(c2ccc3c(c2)OC2(CCCCC2)O3)CCNCC1. The number of rotatable bonds is 1. The molecule has 1 aliphatic carbocycles. The maximum Gasteiger partial charge on any atom is 0.251 e. The normalized spacial score (nSPS) is 26.0. The average Bonchev–Trinajstić information content (AvgIpc) is 2.85. The molecule has 0 amide bonds. The largest absolute Gasteiger partial charge is 0.448 e. The summed E-state index contributed by atoms with van der Waals surface area (Å²) < 4.78 is 12.3. The molecule has 0 radical (unpaired) electrons. The monoisotopic (exact) mass is 289 g/mol. The van der Waals surface area contributed by atoms with Crippen molar-refractivity contribution < 1.29 is 14.6 Å². The van der Waals surface area contributed by atoms with Gasteiger partial charge in [0.1, 0.15) is 0 Å². The van der Waals surface area contributed by atoms with E-state index in [0.29, 0.717) is 0 Å². The molecule has 1 saturated carbocycles. The summed E-state index contributed by atoms with van der Waals surface area (Å²) in [5, 5.41) is 14.1. The van der Waals surface area contributed by atoms with Crippen LogP contribution in [0.2, 0.25) is 0 Å². The van der Waals surface area contributed by atoms with Crippen LogP contribution in [0.4, 0.5) is 0 Å². The predicted molar refractivity (Wildman–Crippen MR) is 79.5 cm³/mol. The number of hydrogen-bond acceptors (Lipinski definition) is 4. The van der Waals surface area contributed by atoms with E-state index >= 15 is 0 Å². The quantitative estimate of drug-likeness (QED) is 0.834. The van der Waals surface area contributed by atoms with Crippen LogP contribution >= 0.6 is 0 Å². The summed E-state index contributed by atoms with van der Waals surface area (Å²) in [7, 11) is 0. The van der Waals surface area contributed by atoms with Crippen LogP contribution in [0.25, 0.3) is 0 Å². The fourth-order valence-corrected chi connectivity index (χ4v) is 3.81. The van der Waals surface area contributed by atoms with Crippen molar-refractivity contribution in [3.63, 3.8) is 0 Å². The summed E-state index contributed by atoms with van der Waals surface area (Å²) in [6.45, 7) is 1.71. The fraction of sp³-hybridized carbons (Fsp3) is 0.647. The smallest absolute Gasteiger partial charge is 0.251 e. The van der Waals surface area contributed by atoms with Gasteiger partial charge in [0.25, 0.3) is 5.79 Å². The lowest BCUT2D eigenvalue weighted by Gasteiger charge is -2.33. The van der Waals surface area contributed by atoms with Crippen molar-refractivity contribution >= 4 is 0 Å². The van der Waals surface area contributed by atoms with Gasteiger partial charge in [-0.15, -0.1) is 0 Å². The molecule has 2 heterocycles. The number of aliphatic hydroxyl groups is 1. The Morgan fingerprint density at radius 1 is 0.905 bits per heavy atom.